The van der Waals surface area contributed by atoms with Gasteiger partial charge in [0.25, 0.3) is 11.8 Å². The standard InChI is InChI=1S/C19H13N3O4S2/c23-18(15-7-3-9-28-15)20-13-5-1-4-12(10-13)19(24)25-11-16-21-17(22-26-16)14-6-2-8-27-14/h1-10H,11H2,(H,20,23). The van der Waals surface area contributed by atoms with E-state index in [-0.39, 0.29) is 18.4 Å². The van der Waals surface area contributed by atoms with Gasteiger partial charge >= 0.3 is 5.97 Å². The van der Waals surface area contributed by atoms with Crippen LogP contribution in [-0.2, 0) is 11.3 Å². The molecule has 3 heterocycles. The van der Waals surface area contributed by atoms with Crippen molar-refractivity contribution >= 4 is 40.2 Å². The Labute approximate surface area is 167 Å². The van der Waals surface area contributed by atoms with Crippen molar-refractivity contribution in [3.05, 3.63) is 75.6 Å². The highest BCUT2D eigenvalue weighted by atomic mass is 32.1. The highest BCUT2D eigenvalue weighted by molar-refractivity contribution is 7.13. The Morgan fingerprint density at radius 1 is 1.07 bits per heavy atom. The molecule has 0 fully saturated rings. The SMILES string of the molecule is O=C(OCc1nc(-c2cccs2)no1)c1cccc(NC(=O)c2cccs2)c1. The summed E-state index contributed by atoms with van der Waals surface area (Å²) in [6.07, 6.45) is 0. The molecule has 0 aliphatic rings. The molecule has 0 radical (unpaired) electrons. The van der Waals surface area contributed by atoms with Gasteiger partial charge in [0.2, 0.25) is 5.82 Å². The van der Waals surface area contributed by atoms with Gasteiger partial charge in [0, 0.05) is 5.69 Å². The maximum atomic E-state index is 12.3. The quantitative estimate of drug-likeness (QED) is 0.471. The average molecular weight is 411 g/mol. The molecular formula is C19H13N3O4S2. The third-order valence-electron chi connectivity index (χ3n) is 3.64. The van der Waals surface area contributed by atoms with Crippen molar-refractivity contribution in [3.63, 3.8) is 0 Å². The van der Waals surface area contributed by atoms with Crippen LogP contribution in [0.1, 0.15) is 25.9 Å². The van der Waals surface area contributed by atoms with Crippen LogP contribution in [0.25, 0.3) is 10.7 Å². The van der Waals surface area contributed by atoms with Crippen LogP contribution in [0, 0.1) is 0 Å². The second-order valence-corrected chi connectivity index (χ2v) is 7.47. The van der Waals surface area contributed by atoms with Gasteiger partial charge in [-0.3, -0.25) is 4.79 Å². The maximum Gasteiger partial charge on any atom is 0.338 e. The number of carbonyl (C=O) groups excluding carboxylic acids is 2. The van der Waals surface area contributed by atoms with Crippen LogP contribution >= 0.6 is 22.7 Å². The molecule has 28 heavy (non-hydrogen) atoms. The van der Waals surface area contributed by atoms with E-state index in [0.717, 1.165) is 4.88 Å². The van der Waals surface area contributed by atoms with E-state index in [1.165, 1.54) is 22.7 Å². The lowest BCUT2D eigenvalue weighted by Crippen LogP contribution is -2.11. The van der Waals surface area contributed by atoms with Gasteiger partial charge in [0.15, 0.2) is 6.61 Å². The molecule has 4 rings (SSSR count). The maximum absolute atomic E-state index is 12.3. The van der Waals surface area contributed by atoms with Gasteiger partial charge in [-0.25, -0.2) is 4.79 Å². The summed E-state index contributed by atoms with van der Waals surface area (Å²) < 4.78 is 10.3. The van der Waals surface area contributed by atoms with E-state index in [2.05, 4.69) is 15.5 Å². The summed E-state index contributed by atoms with van der Waals surface area (Å²) in [6, 6.07) is 13.8. The summed E-state index contributed by atoms with van der Waals surface area (Å²) in [5.74, 6) is -0.117. The molecule has 9 heteroatoms. The summed E-state index contributed by atoms with van der Waals surface area (Å²) in [7, 11) is 0. The Bertz CT molecular complexity index is 1090. The number of aromatic nitrogens is 2. The lowest BCUT2D eigenvalue weighted by atomic mass is 10.2. The van der Waals surface area contributed by atoms with Crippen molar-refractivity contribution in [2.45, 2.75) is 6.61 Å². The van der Waals surface area contributed by atoms with Crippen molar-refractivity contribution in [3.8, 4) is 10.7 Å². The number of ether oxygens (including phenoxy) is 1. The van der Waals surface area contributed by atoms with Gasteiger partial charge in [0.05, 0.1) is 15.3 Å². The van der Waals surface area contributed by atoms with Crippen molar-refractivity contribution < 1.29 is 18.8 Å². The van der Waals surface area contributed by atoms with Crippen molar-refractivity contribution in [2.75, 3.05) is 5.32 Å². The fraction of sp³-hybridized carbons (Fsp3) is 0.0526. The summed E-state index contributed by atoms with van der Waals surface area (Å²) in [6.45, 7) is -0.136. The van der Waals surface area contributed by atoms with Gasteiger partial charge < -0.3 is 14.6 Å². The number of rotatable bonds is 6. The average Bonchev–Trinajstić information content (AvgIpc) is 3.48. The molecule has 0 aliphatic heterocycles. The number of nitrogens with one attached hydrogen (secondary N) is 1. The number of thiophene rings is 2. The normalized spacial score (nSPS) is 10.6. The fourth-order valence-electron chi connectivity index (χ4n) is 2.35. The first-order valence-corrected chi connectivity index (χ1v) is 9.93. The van der Waals surface area contributed by atoms with Crippen LogP contribution in [0.15, 0.2) is 63.8 Å². The first-order chi connectivity index (χ1) is 13.7. The molecule has 0 spiro atoms. The summed E-state index contributed by atoms with van der Waals surface area (Å²) in [5.41, 5.74) is 0.813. The molecule has 3 aromatic heterocycles. The number of carbonyl (C=O) groups is 2. The number of amides is 1. The Hall–Kier alpha value is -3.30. The molecule has 140 valence electrons. The first kappa shape index (κ1) is 18.1. The fourth-order valence-corrected chi connectivity index (χ4v) is 3.62. The molecule has 0 saturated carbocycles. The van der Waals surface area contributed by atoms with Crippen LogP contribution in [0.5, 0.6) is 0 Å². The van der Waals surface area contributed by atoms with Crippen molar-refractivity contribution in [2.24, 2.45) is 0 Å². The molecule has 1 N–H and O–H groups in total. The predicted octanol–water partition coefficient (Wildman–Crippen LogP) is 4.47. The van der Waals surface area contributed by atoms with Crippen LogP contribution < -0.4 is 5.32 Å². The molecular weight excluding hydrogens is 398 g/mol. The van der Waals surface area contributed by atoms with Gasteiger partial charge in [-0.2, -0.15) is 4.98 Å². The number of hydrogen-bond acceptors (Lipinski definition) is 8. The minimum absolute atomic E-state index is 0.136. The Balaban J connectivity index is 1.38. The topological polar surface area (TPSA) is 94.3 Å². The Kier molecular flexibility index (Phi) is 5.27. The molecule has 0 atom stereocenters. The molecule has 1 amide bonds. The highest BCUT2D eigenvalue weighted by Crippen LogP contribution is 2.21. The smallest absolute Gasteiger partial charge is 0.338 e. The van der Waals surface area contributed by atoms with E-state index in [0.29, 0.717) is 22.0 Å². The third-order valence-corrected chi connectivity index (χ3v) is 5.37. The predicted molar refractivity (Wildman–Crippen MR) is 105 cm³/mol. The zero-order valence-corrected chi connectivity index (χ0v) is 16.0. The number of benzene rings is 1. The minimum Gasteiger partial charge on any atom is -0.452 e. The molecule has 0 aliphatic carbocycles. The monoisotopic (exact) mass is 411 g/mol. The lowest BCUT2D eigenvalue weighted by Gasteiger charge is -2.06. The van der Waals surface area contributed by atoms with Crippen LogP contribution in [0.2, 0.25) is 0 Å². The van der Waals surface area contributed by atoms with Crippen LogP contribution in [-0.4, -0.2) is 22.0 Å². The number of hydrogen-bond donors (Lipinski definition) is 1. The van der Waals surface area contributed by atoms with E-state index in [1.807, 2.05) is 22.9 Å². The van der Waals surface area contributed by atoms with Gasteiger partial charge in [-0.1, -0.05) is 23.4 Å². The minimum atomic E-state index is -0.553. The van der Waals surface area contributed by atoms with E-state index in [1.54, 1.807) is 36.4 Å². The largest absolute Gasteiger partial charge is 0.452 e. The molecule has 7 nitrogen and oxygen atoms in total. The Morgan fingerprint density at radius 3 is 2.71 bits per heavy atom. The van der Waals surface area contributed by atoms with Gasteiger partial charge in [-0.15, -0.1) is 22.7 Å². The summed E-state index contributed by atoms with van der Waals surface area (Å²) >= 11 is 2.83. The van der Waals surface area contributed by atoms with Crippen molar-refractivity contribution in [1.29, 1.82) is 0 Å². The molecule has 0 saturated heterocycles. The highest BCUT2D eigenvalue weighted by Gasteiger charge is 2.14. The van der Waals surface area contributed by atoms with Gasteiger partial charge in [-0.05, 0) is 41.1 Å². The Morgan fingerprint density at radius 2 is 1.93 bits per heavy atom. The van der Waals surface area contributed by atoms with Crippen LogP contribution in [0.4, 0.5) is 5.69 Å². The van der Waals surface area contributed by atoms with E-state index < -0.39 is 5.97 Å². The molecule has 1 aromatic carbocycles. The lowest BCUT2D eigenvalue weighted by molar-refractivity contribution is 0.0429. The second-order valence-electron chi connectivity index (χ2n) is 5.58. The molecule has 0 unspecified atom stereocenters. The molecule has 0 bridgehead atoms. The van der Waals surface area contributed by atoms with Gasteiger partial charge in [0.1, 0.15) is 0 Å². The van der Waals surface area contributed by atoms with Crippen molar-refractivity contribution in [1.82, 2.24) is 10.1 Å². The first-order valence-electron chi connectivity index (χ1n) is 8.17. The summed E-state index contributed by atoms with van der Waals surface area (Å²) in [4.78, 5) is 30.1. The number of esters is 1. The summed E-state index contributed by atoms with van der Waals surface area (Å²) in [5, 5.41) is 10.4. The zero-order chi connectivity index (χ0) is 19.3. The number of anilines is 1. The second kappa shape index (κ2) is 8.15. The van der Waals surface area contributed by atoms with Crippen LogP contribution in [0.3, 0.4) is 0 Å². The number of nitrogens with zero attached hydrogens (tertiary/aromatic N) is 2. The van der Waals surface area contributed by atoms with E-state index >= 15 is 0 Å². The third kappa shape index (κ3) is 4.16. The van der Waals surface area contributed by atoms with E-state index in [4.69, 9.17) is 9.26 Å². The molecule has 4 aromatic rings. The van der Waals surface area contributed by atoms with E-state index in [9.17, 15) is 9.59 Å². The zero-order valence-electron chi connectivity index (χ0n) is 14.3.